The molecule has 5 nitrogen and oxygen atoms in total. The van der Waals surface area contributed by atoms with Gasteiger partial charge < -0.3 is 15.0 Å². The van der Waals surface area contributed by atoms with Crippen LogP contribution in [0.25, 0.3) is 0 Å². The van der Waals surface area contributed by atoms with Crippen LogP contribution in [-0.2, 0) is 20.7 Å². The van der Waals surface area contributed by atoms with Gasteiger partial charge in [0.15, 0.2) is 0 Å². The molecule has 1 aromatic carbocycles. The number of amides is 2. The maximum atomic E-state index is 12.5. The van der Waals surface area contributed by atoms with E-state index in [0.29, 0.717) is 26.2 Å². The highest BCUT2D eigenvalue weighted by Gasteiger charge is 2.31. The number of hydrogen-bond donors (Lipinski definition) is 1. The highest BCUT2D eigenvalue weighted by molar-refractivity contribution is 5.79. The summed E-state index contributed by atoms with van der Waals surface area (Å²) in [7, 11) is 0. The van der Waals surface area contributed by atoms with Crippen LogP contribution < -0.4 is 5.32 Å². The molecule has 1 saturated heterocycles. The fraction of sp³-hybridized carbons (Fsp3) is 0.556. The van der Waals surface area contributed by atoms with Gasteiger partial charge in [0.25, 0.3) is 0 Å². The first-order valence-electron chi connectivity index (χ1n) is 8.37. The molecule has 0 aromatic heterocycles. The van der Waals surface area contributed by atoms with Gasteiger partial charge in [-0.1, -0.05) is 24.3 Å². The average molecular weight is 316 g/mol. The molecule has 0 saturated carbocycles. The first kappa shape index (κ1) is 16.0. The lowest BCUT2D eigenvalue weighted by Crippen LogP contribution is -2.44. The van der Waals surface area contributed by atoms with Crippen molar-refractivity contribution in [3.05, 3.63) is 35.4 Å². The van der Waals surface area contributed by atoms with Crippen molar-refractivity contribution in [2.24, 2.45) is 0 Å². The van der Waals surface area contributed by atoms with Crippen molar-refractivity contribution in [1.29, 1.82) is 0 Å². The van der Waals surface area contributed by atoms with E-state index < -0.39 is 0 Å². The minimum atomic E-state index is -0.155. The molecule has 23 heavy (non-hydrogen) atoms. The zero-order valence-corrected chi connectivity index (χ0v) is 13.6. The Morgan fingerprint density at radius 1 is 1.26 bits per heavy atom. The first-order chi connectivity index (χ1) is 11.1. The van der Waals surface area contributed by atoms with E-state index in [0.717, 1.165) is 24.8 Å². The molecule has 5 heteroatoms. The molecule has 2 aliphatic rings. The number of ether oxygens (including phenoxy) is 1. The maximum Gasteiger partial charge on any atom is 0.222 e. The molecule has 2 amide bonds. The Balaban J connectivity index is 1.72. The van der Waals surface area contributed by atoms with E-state index in [2.05, 4.69) is 11.4 Å². The predicted molar refractivity (Wildman–Crippen MR) is 86.9 cm³/mol. The largest absolute Gasteiger partial charge is 0.381 e. The van der Waals surface area contributed by atoms with E-state index in [1.807, 2.05) is 23.1 Å². The second-order valence-electron chi connectivity index (χ2n) is 6.34. The number of hydrogen-bond acceptors (Lipinski definition) is 3. The molecule has 2 aliphatic heterocycles. The van der Waals surface area contributed by atoms with Gasteiger partial charge in [-0.3, -0.25) is 9.59 Å². The van der Waals surface area contributed by atoms with Gasteiger partial charge in [0.2, 0.25) is 11.8 Å². The van der Waals surface area contributed by atoms with Crippen LogP contribution in [0.4, 0.5) is 0 Å². The SMILES string of the molecule is CC(=O)N1CCc2ccccc2[C@H]1CC(=O)NC1CCOCC1. The van der Waals surface area contributed by atoms with E-state index in [-0.39, 0.29) is 23.9 Å². The zero-order valence-electron chi connectivity index (χ0n) is 13.6. The molecular weight excluding hydrogens is 292 g/mol. The van der Waals surface area contributed by atoms with Gasteiger partial charge >= 0.3 is 0 Å². The van der Waals surface area contributed by atoms with E-state index in [1.54, 1.807) is 6.92 Å². The Bertz CT molecular complexity index is 581. The number of carbonyl (C=O) groups excluding carboxylic acids is 2. The fourth-order valence-corrected chi connectivity index (χ4v) is 3.55. The summed E-state index contributed by atoms with van der Waals surface area (Å²) in [4.78, 5) is 26.3. The van der Waals surface area contributed by atoms with Crippen molar-refractivity contribution < 1.29 is 14.3 Å². The van der Waals surface area contributed by atoms with Gasteiger partial charge in [-0.25, -0.2) is 0 Å². The molecule has 2 heterocycles. The van der Waals surface area contributed by atoms with Crippen LogP contribution >= 0.6 is 0 Å². The third-order valence-electron chi connectivity index (χ3n) is 4.78. The Morgan fingerprint density at radius 3 is 2.74 bits per heavy atom. The topological polar surface area (TPSA) is 58.6 Å². The van der Waals surface area contributed by atoms with E-state index in [4.69, 9.17) is 4.74 Å². The van der Waals surface area contributed by atoms with E-state index in [1.165, 1.54) is 5.56 Å². The van der Waals surface area contributed by atoms with Gasteiger partial charge in [-0.05, 0) is 30.4 Å². The van der Waals surface area contributed by atoms with Crippen molar-refractivity contribution in [1.82, 2.24) is 10.2 Å². The summed E-state index contributed by atoms with van der Waals surface area (Å²) in [5.41, 5.74) is 2.35. The second kappa shape index (κ2) is 7.13. The molecule has 3 rings (SSSR count). The molecule has 1 N–H and O–H groups in total. The van der Waals surface area contributed by atoms with Crippen molar-refractivity contribution in [2.45, 2.75) is 44.7 Å². The summed E-state index contributed by atoms with van der Waals surface area (Å²) >= 11 is 0. The fourth-order valence-electron chi connectivity index (χ4n) is 3.55. The number of nitrogens with zero attached hydrogens (tertiary/aromatic N) is 1. The van der Waals surface area contributed by atoms with Gasteiger partial charge in [-0.2, -0.15) is 0 Å². The molecule has 1 atom stereocenters. The summed E-state index contributed by atoms with van der Waals surface area (Å²) in [6.07, 6.45) is 2.91. The van der Waals surface area contributed by atoms with Crippen molar-refractivity contribution >= 4 is 11.8 Å². The van der Waals surface area contributed by atoms with Gasteiger partial charge in [0.1, 0.15) is 0 Å². The molecule has 124 valence electrons. The normalized spacial score (nSPS) is 21.6. The number of nitrogens with one attached hydrogen (secondary N) is 1. The molecule has 0 aliphatic carbocycles. The summed E-state index contributed by atoms with van der Waals surface area (Å²) in [6, 6.07) is 8.17. The Labute approximate surface area is 137 Å². The lowest BCUT2D eigenvalue weighted by atomic mass is 9.90. The summed E-state index contributed by atoms with van der Waals surface area (Å²) in [5, 5.41) is 3.10. The minimum absolute atomic E-state index is 0.0184. The molecule has 1 aromatic rings. The molecule has 0 radical (unpaired) electrons. The van der Waals surface area contributed by atoms with E-state index in [9.17, 15) is 9.59 Å². The maximum absolute atomic E-state index is 12.5. The molecule has 0 spiro atoms. The Morgan fingerprint density at radius 2 is 2.00 bits per heavy atom. The predicted octanol–water partition coefficient (Wildman–Crippen LogP) is 1.82. The zero-order chi connectivity index (χ0) is 16.2. The summed E-state index contributed by atoms with van der Waals surface area (Å²) in [5.74, 6) is 0.0493. The lowest BCUT2D eigenvalue weighted by Gasteiger charge is -2.37. The highest BCUT2D eigenvalue weighted by atomic mass is 16.5. The third kappa shape index (κ3) is 3.72. The smallest absolute Gasteiger partial charge is 0.222 e. The monoisotopic (exact) mass is 316 g/mol. The van der Waals surface area contributed by atoms with Crippen LogP contribution in [-0.4, -0.2) is 42.5 Å². The van der Waals surface area contributed by atoms with Crippen LogP contribution in [0.5, 0.6) is 0 Å². The van der Waals surface area contributed by atoms with Gasteiger partial charge in [0.05, 0.1) is 12.5 Å². The second-order valence-corrected chi connectivity index (χ2v) is 6.34. The van der Waals surface area contributed by atoms with Crippen LogP contribution in [0.15, 0.2) is 24.3 Å². The number of rotatable bonds is 3. The third-order valence-corrected chi connectivity index (χ3v) is 4.78. The number of benzene rings is 1. The van der Waals surface area contributed by atoms with Crippen molar-refractivity contribution in [3.8, 4) is 0 Å². The molecule has 0 unspecified atom stereocenters. The van der Waals surface area contributed by atoms with Gasteiger partial charge in [-0.15, -0.1) is 0 Å². The minimum Gasteiger partial charge on any atom is -0.381 e. The number of fused-ring (bicyclic) bond motifs is 1. The van der Waals surface area contributed by atoms with Crippen molar-refractivity contribution in [3.63, 3.8) is 0 Å². The Kier molecular flexibility index (Phi) is 4.96. The first-order valence-corrected chi connectivity index (χ1v) is 8.37. The molecular formula is C18H24N2O3. The van der Waals surface area contributed by atoms with Crippen LogP contribution in [0.1, 0.15) is 43.4 Å². The Hall–Kier alpha value is -1.88. The lowest BCUT2D eigenvalue weighted by molar-refractivity contribution is -0.133. The molecule has 0 bridgehead atoms. The van der Waals surface area contributed by atoms with Crippen molar-refractivity contribution in [2.75, 3.05) is 19.8 Å². The van der Waals surface area contributed by atoms with Crippen LogP contribution in [0.2, 0.25) is 0 Å². The van der Waals surface area contributed by atoms with Crippen LogP contribution in [0.3, 0.4) is 0 Å². The average Bonchev–Trinajstić information content (AvgIpc) is 2.55. The highest BCUT2D eigenvalue weighted by Crippen LogP contribution is 2.32. The number of carbonyl (C=O) groups is 2. The molecule has 1 fully saturated rings. The van der Waals surface area contributed by atoms with Crippen LogP contribution in [0, 0.1) is 0 Å². The standard InChI is InChI=1S/C18H24N2O3/c1-13(21)20-9-6-14-4-2-3-5-16(14)17(20)12-18(22)19-15-7-10-23-11-8-15/h2-5,15,17H,6-12H2,1H3,(H,19,22)/t17-/m1/s1. The van der Waals surface area contributed by atoms with E-state index >= 15 is 0 Å². The summed E-state index contributed by atoms with van der Waals surface area (Å²) in [6.45, 7) is 3.67. The quantitative estimate of drug-likeness (QED) is 0.925. The van der Waals surface area contributed by atoms with Gasteiger partial charge in [0, 0.05) is 32.7 Å². The summed E-state index contributed by atoms with van der Waals surface area (Å²) < 4.78 is 5.32.